The first kappa shape index (κ1) is 15.6. The van der Waals surface area contributed by atoms with Crippen LogP contribution in [0.1, 0.15) is 36.8 Å². The summed E-state index contributed by atoms with van der Waals surface area (Å²) in [6, 6.07) is 8.47. The third kappa shape index (κ3) is 4.07. The Morgan fingerprint density at radius 1 is 1.38 bits per heavy atom. The van der Waals surface area contributed by atoms with Crippen molar-refractivity contribution in [2.45, 2.75) is 38.4 Å². The summed E-state index contributed by atoms with van der Waals surface area (Å²) in [6.45, 7) is 6.16. The van der Waals surface area contributed by atoms with Crippen molar-refractivity contribution in [3.63, 3.8) is 0 Å². The molecule has 2 rings (SSSR count). The second-order valence-electron chi connectivity index (χ2n) is 5.21. The van der Waals surface area contributed by atoms with Crippen LogP contribution in [0, 0.1) is 6.92 Å². The van der Waals surface area contributed by atoms with E-state index in [4.69, 9.17) is 5.11 Å². The standard InChI is InChI=1S/C15H19N3O2S/c1-10(2)18-13(8-12-6-4-5-11(3)7-12)16-17-15(18)21-9-14(19)20/h4-7,10H,8-9H2,1-3H3,(H,19,20). The van der Waals surface area contributed by atoms with Gasteiger partial charge >= 0.3 is 5.97 Å². The van der Waals surface area contributed by atoms with Gasteiger partial charge in [-0.25, -0.2) is 0 Å². The molecule has 21 heavy (non-hydrogen) atoms. The van der Waals surface area contributed by atoms with E-state index < -0.39 is 5.97 Å². The van der Waals surface area contributed by atoms with E-state index in [9.17, 15) is 4.79 Å². The lowest BCUT2D eigenvalue weighted by atomic mass is 10.1. The molecular weight excluding hydrogens is 286 g/mol. The Morgan fingerprint density at radius 3 is 2.76 bits per heavy atom. The van der Waals surface area contributed by atoms with Crippen LogP contribution in [0.4, 0.5) is 0 Å². The Balaban J connectivity index is 2.25. The normalized spacial score (nSPS) is 11.0. The molecule has 1 N–H and O–H groups in total. The largest absolute Gasteiger partial charge is 0.481 e. The topological polar surface area (TPSA) is 68.0 Å². The molecule has 0 bridgehead atoms. The number of carbonyl (C=O) groups is 1. The maximum Gasteiger partial charge on any atom is 0.313 e. The number of thioether (sulfide) groups is 1. The molecule has 0 unspecified atom stereocenters. The van der Waals surface area contributed by atoms with Crippen LogP contribution in [0.25, 0.3) is 0 Å². The van der Waals surface area contributed by atoms with Gasteiger partial charge < -0.3 is 9.67 Å². The molecule has 1 aromatic carbocycles. The number of benzene rings is 1. The maximum absolute atomic E-state index is 10.7. The van der Waals surface area contributed by atoms with Crippen LogP contribution in [0.15, 0.2) is 29.4 Å². The first-order valence-electron chi connectivity index (χ1n) is 6.81. The molecule has 5 nitrogen and oxygen atoms in total. The molecule has 0 spiro atoms. The Labute approximate surface area is 128 Å². The van der Waals surface area contributed by atoms with E-state index in [0.29, 0.717) is 11.6 Å². The maximum atomic E-state index is 10.7. The number of aliphatic carboxylic acids is 1. The van der Waals surface area contributed by atoms with Crippen molar-refractivity contribution >= 4 is 17.7 Å². The molecular formula is C15H19N3O2S. The van der Waals surface area contributed by atoms with Crippen molar-refractivity contribution in [3.05, 3.63) is 41.2 Å². The summed E-state index contributed by atoms with van der Waals surface area (Å²) in [6.07, 6.45) is 0.695. The number of rotatable bonds is 6. The highest BCUT2D eigenvalue weighted by molar-refractivity contribution is 7.99. The summed E-state index contributed by atoms with van der Waals surface area (Å²) in [5.41, 5.74) is 2.39. The van der Waals surface area contributed by atoms with Gasteiger partial charge in [0, 0.05) is 12.5 Å². The highest BCUT2D eigenvalue weighted by Crippen LogP contribution is 2.23. The van der Waals surface area contributed by atoms with E-state index in [1.165, 1.54) is 22.9 Å². The lowest BCUT2D eigenvalue weighted by Gasteiger charge is -2.13. The van der Waals surface area contributed by atoms with Gasteiger partial charge in [0.1, 0.15) is 5.82 Å². The Hall–Kier alpha value is -1.82. The lowest BCUT2D eigenvalue weighted by Crippen LogP contribution is -2.09. The van der Waals surface area contributed by atoms with Crippen molar-refractivity contribution < 1.29 is 9.90 Å². The van der Waals surface area contributed by atoms with Crippen LogP contribution < -0.4 is 0 Å². The average Bonchev–Trinajstić information content (AvgIpc) is 2.79. The molecule has 0 fully saturated rings. The van der Waals surface area contributed by atoms with E-state index in [1.807, 2.05) is 24.5 Å². The minimum absolute atomic E-state index is 0.00466. The third-order valence-corrected chi connectivity index (χ3v) is 3.95. The van der Waals surface area contributed by atoms with Gasteiger partial charge in [-0.3, -0.25) is 4.79 Å². The zero-order chi connectivity index (χ0) is 15.4. The number of aromatic nitrogens is 3. The fraction of sp³-hybridized carbons (Fsp3) is 0.400. The predicted octanol–water partition coefficient (Wildman–Crippen LogP) is 2.93. The highest BCUT2D eigenvalue weighted by Gasteiger charge is 2.16. The molecule has 0 aliphatic carbocycles. The van der Waals surface area contributed by atoms with Crippen molar-refractivity contribution in [1.29, 1.82) is 0 Å². The Kier molecular flexibility index (Phi) is 5.01. The molecule has 6 heteroatoms. The summed E-state index contributed by atoms with van der Waals surface area (Å²) < 4.78 is 2.01. The summed E-state index contributed by atoms with van der Waals surface area (Å²) >= 11 is 1.21. The number of nitrogens with zero attached hydrogens (tertiary/aromatic N) is 3. The van der Waals surface area contributed by atoms with Crippen molar-refractivity contribution in [2.24, 2.45) is 0 Å². The van der Waals surface area contributed by atoms with E-state index in [-0.39, 0.29) is 11.8 Å². The quantitative estimate of drug-likeness (QED) is 0.831. The second kappa shape index (κ2) is 6.76. The van der Waals surface area contributed by atoms with E-state index in [1.54, 1.807) is 0 Å². The minimum Gasteiger partial charge on any atom is -0.481 e. The Morgan fingerprint density at radius 2 is 2.14 bits per heavy atom. The molecule has 0 saturated heterocycles. The van der Waals surface area contributed by atoms with Crippen LogP contribution in [0.3, 0.4) is 0 Å². The van der Waals surface area contributed by atoms with Gasteiger partial charge in [-0.2, -0.15) is 0 Å². The number of hydrogen-bond donors (Lipinski definition) is 1. The van der Waals surface area contributed by atoms with Crippen molar-refractivity contribution in [3.8, 4) is 0 Å². The van der Waals surface area contributed by atoms with Crippen LogP contribution in [0.5, 0.6) is 0 Å². The SMILES string of the molecule is Cc1cccc(Cc2nnc(SCC(=O)O)n2C(C)C)c1. The smallest absolute Gasteiger partial charge is 0.313 e. The van der Waals surface area contributed by atoms with Gasteiger partial charge in [0.25, 0.3) is 0 Å². The molecule has 0 atom stereocenters. The molecule has 0 radical (unpaired) electrons. The first-order chi connectivity index (χ1) is 9.97. The highest BCUT2D eigenvalue weighted by atomic mass is 32.2. The lowest BCUT2D eigenvalue weighted by molar-refractivity contribution is -0.133. The van der Waals surface area contributed by atoms with Gasteiger partial charge in [-0.1, -0.05) is 41.6 Å². The summed E-state index contributed by atoms with van der Waals surface area (Å²) in [7, 11) is 0. The van der Waals surface area contributed by atoms with Gasteiger partial charge in [-0.15, -0.1) is 10.2 Å². The molecule has 0 saturated carbocycles. The van der Waals surface area contributed by atoms with Crippen LogP contribution in [-0.4, -0.2) is 31.6 Å². The van der Waals surface area contributed by atoms with Crippen LogP contribution >= 0.6 is 11.8 Å². The minimum atomic E-state index is -0.849. The van der Waals surface area contributed by atoms with Crippen LogP contribution in [-0.2, 0) is 11.2 Å². The van der Waals surface area contributed by atoms with Gasteiger partial charge in [0.05, 0.1) is 5.75 Å². The van der Waals surface area contributed by atoms with E-state index in [0.717, 1.165) is 5.82 Å². The second-order valence-corrected chi connectivity index (χ2v) is 6.15. The summed E-state index contributed by atoms with van der Waals surface area (Å²) in [5, 5.41) is 17.8. The number of aryl methyl sites for hydroxylation is 1. The molecule has 0 amide bonds. The fourth-order valence-electron chi connectivity index (χ4n) is 2.18. The van der Waals surface area contributed by atoms with Gasteiger partial charge in [0.15, 0.2) is 5.16 Å². The summed E-state index contributed by atoms with van der Waals surface area (Å²) in [4.78, 5) is 10.7. The van der Waals surface area contributed by atoms with Gasteiger partial charge in [-0.05, 0) is 26.3 Å². The Bertz CT molecular complexity index is 638. The van der Waals surface area contributed by atoms with E-state index >= 15 is 0 Å². The van der Waals surface area contributed by atoms with E-state index in [2.05, 4.69) is 35.3 Å². The monoisotopic (exact) mass is 305 g/mol. The van der Waals surface area contributed by atoms with Gasteiger partial charge in [0.2, 0.25) is 0 Å². The van der Waals surface area contributed by atoms with Crippen molar-refractivity contribution in [1.82, 2.24) is 14.8 Å². The molecule has 112 valence electrons. The first-order valence-corrected chi connectivity index (χ1v) is 7.80. The zero-order valence-corrected chi connectivity index (χ0v) is 13.2. The molecule has 1 heterocycles. The van der Waals surface area contributed by atoms with Crippen LogP contribution in [0.2, 0.25) is 0 Å². The molecule has 0 aliphatic heterocycles. The number of hydrogen-bond acceptors (Lipinski definition) is 4. The number of carboxylic acids is 1. The predicted molar refractivity (Wildman–Crippen MR) is 82.8 cm³/mol. The third-order valence-electron chi connectivity index (χ3n) is 3.02. The number of carboxylic acid groups (broad SMARTS) is 1. The summed E-state index contributed by atoms with van der Waals surface area (Å²) in [5.74, 6) is 0.0111. The van der Waals surface area contributed by atoms with Crippen molar-refractivity contribution in [2.75, 3.05) is 5.75 Å². The zero-order valence-electron chi connectivity index (χ0n) is 12.4. The molecule has 1 aromatic heterocycles. The molecule has 2 aromatic rings. The average molecular weight is 305 g/mol. The molecule has 0 aliphatic rings. The fourth-order valence-corrected chi connectivity index (χ4v) is 2.98.